The third-order valence-electron chi connectivity index (χ3n) is 4.17. The first-order chi connectivity index (χ1) is 11.2. The lowest BCUT2D eigenvalue weighted by molar-refractivity contribution is 0.0941. The Morgan fingerprint density at radius 2 is 1.62 bits per heavy atom. The zero-order valence-electron chi connectivity index (χ0n) is 12.9. The lowest BCUT2D eigenvalue weighted by atomic mass is 10.2. The molecule has 24 heavy (non-hydrogen) atoms. The second-order valence-electron chi connectivity index (χ2n) is 6.28. The molecule has 0 aromatic carbocycles. The number of nitrogens with zero attached hydrogens (tertiary/aromatic N) is 1. The SMILES string of the molecule is O=C(NC1CCS(=O)(=O)C1)c1cncc(NC2CCS(=O)(=O)C2)c1. The highest BCUT2D eigenvalue weighted by Crippen LogP contribution is 2.18. The minimum Gasteiger partial charge on any atom is -0.380 e. The smallest absolute Gasteiger partial charge is 0.253 e. The first-order valence-electron chi connectivity index (χ1n) is 7.66. The molecule has 10 heteroatoms. The normalized spacial score (nSPS) is 27.7. The predicted molar refractivity (Wildman–Crippen MR) is 89.4 cm³/mol. The Kier molecular flexibility index (Phi) is 4.52. The van der Waals surface area contributed by atoms with Crippen molar-refractivity contribution in [3.05, 3.63) is 24.0 Å². The van der Waals surface area contributed by atoms with E-state index in [-0.39, 0.29) is 41.0 Å². The molecule has 132 valence electrons. The topological polar surface area (TPSA) is 122 Å². The van der Waals surface area contributed by atoms with Crippen LogP contribution in [0.3, 0.4) is 0 Å². The van der Waals surface area contributed by atoms with E-state index in [9.17, 15) is 21.6 Å². The van der Waals surface area contributed by atoms with E-state index >= 15 is 0 Å². The van der Waals surface area contributed by atoms with Gasteiger partial charge in [0.15, 0.2) is 19.7 Å². The lowest BCUT2D eigenvalue weighted by Gasteiger charge is -2.14. The van der Waals surface area contributed by atoms with Crippen LogP contribution in [0.1, 0.15) is 23.2 Å². The largest absolute Gasteiger partial charge is 0.380 e. The van der Waals surface area contributed by atoms with E-state index in [2.05, 4.69) is 15.6 Å². The maximum Gasteiger partial charge on any atom is 0.253 e. The van der Waals surface area contributed by atoms with E-state index in [0.29, 0.717) is 24.1 Å². The van der Waals surface area contributed by atoms with Gasteiger partial charge in [0.05, 0.1) is 34.3 Å². The fourth-order valence-electron chi connectivity index (χ4n) is 2.97. The molecule has 2 fully saturated rings. The maximum absolute atomic E-state index is 12.2. The molecule has 2 unspecified atom stereocenters. The summed E-state index contributed by atoms with van der Waals surface area (Å²) in [5.41, 5.74) is 0.883. The molecule has 2 aliphatic rings. The zero-order valence-corrected chi connectivity index (χ0v) is 14.6. The van der Waals surface area contributed by atoms with Crippen molar-refractivity contribution in [1.29, 1.82) is 0 Å². The summed E-state index contributed by atoms with van der Waals surface area (Å²) >= 11 is 0. The molecule has 0 radical (unpaired) electrons. The molecule has 8 nitrogen and oxygen atoms in total. The molecule has 1 aromatic rings. The van der Waals surface area contributed by atoms with E-state index in [4.69, 9.17) is 0 Å². The molecular weight excluding hydrogens is 354 g/mol. The van der Waals surface area contributed by atoms with Gasteiger partial charge in [-0.2, -0.15) is 0 Å². The van der Waals surface area contributed by atoms with Crippen LogP contribution in [0.25, 0.3) is 0 Å². The van der Waals surface area contributed by atoms with Gasteiger partial charge in [0.2, 0.25) is 0 Å². The number of aromatic nitrogens is 1. The molecule has 2 aliphatic heterocycles. The average molecular weight is 373 g/mol. The highest BCUT2D eigenvalue weighted by atomic mass is 32.2. The minimum absolute atomic E-state index is 0.0377. The number of nitrogens with one attached hydrogen (secondary N) is 2. The van der Waals surface area contributed by atoms with Crippen LogP contribution in [0.4, 0.5) is 5.69 Å². The predicted octanol–water partition coefficient (Wildman–Crippen LogP) is -0.402. The summed E-state index contributed by atoms with van der Waals surface area (Å²) in [6, 6.07) is 1.03. The highest BCUT2D eigenvalue weighted by molar-refractivity contribution is 7.91. The number of sulfone groups is 2. The molecular formula is C14H19N3O5S2. The van der Waals surface area contributed by atoms with Gasteiger partial charge in [0.25, 0.3) is 5.91 Å². The monoisotopic (exact) mass is 373 g/mol. The first kappa shape index (κ1) is 17.2. The number of amides is 1. The Labute approximate surface area is 140 Å². The number of hydrogen-bond acceptors (Lipinski definition) is 7. The van der Waals surface area contributed by atoms with Crippen LogP contribution < -0.4 is 10.6 Å². The average Bonchev–Trinajstić information content (AvgIpc) is 3.00. The van der Waals surface area contributed by atoms with E-state index in [0.717, 1.165) is 0 Å². The molecule has 3 heterocycles. The zero-order chi connectivity index (χ0) is 17.4. The molecule has 2 atom stereocenters. The summed E-state index contributed by atoms with van der Waals surface area (Å²) in [4.78, 5) is 16.2. The number of carbonyl (C=O) groups excluding carboxylic acids is 1. The van der Waals surface area contributed by atoms with Gasteiger partial charge >= 0.3 is 0 Å². The van der Waals surface area contributed by atoms with Crippen LogP contribution >= 0.6 is 0 Å². The summed E-state index contributed by atoms with van der Waals surface area (Å²) in [5, 5.41) is 5.78. The molecule has 2 saturated heterocycles. The van der Waals surface area contributed by atoms with Crippen molar-refractivity contribution in [1.82, 2.24) is 10.3 Å². The fraction of sp³-hybridized carbons (Fsp3) is 0.571. The van der Waals surface area contributed by atoms with Gasteiger partial charge in [-0.15, -0.1) is 0 Å². The molecule has 0 saturated carbocycles. The number of rotatable bonds is 4. The Balaban J connectivity index is 1.63. The Morgan fingerprint density at radius 1 is 1.00 bits per heavy atom. The van der Waals surface area contributed by atoms with Gasteiger partial charge in [0, 0.05) is 24.5 Å². The number of anilines is 1. The van der Waals surface area contributed by atoms with Crippen molar-refractivity contribution in [3.8, 4) is 0 Å². The Morgan fingerprint density at radius 3 is 2.21 bits per heavy atom. The lowest BCUT2D eigenvalue weighted by Crippen LogP contribution is -2.35. The number of pyridine rings is 1. The second-order valence-corrected chi connectivity index (χ2v) is 10.7. The summed E-state index contributed by atoms with van der Waals surface area (Å²) < 4.78 is 45.8. The fourth-order valence-corrected chi connectivity index (χ4v) is 6.31. The van der Waals surface area contributed by atoms with Gasteiger partial charge in [-0.3, -0.25) is 9.78 Å². The van der Waals surface area contributed by atoms with Crippen molar-refractivity contribution >= 4 is 31.3 Å². The van der Waals surface area contributed by atoms with E-state index in [1.165, 1.54) is 12.4 Å². The quantitative estimate of drug-likeness (QED) is 0.736. The molecule has 1 amide bonds. The van der Waals surface area contributed by atoms with Gasteiger partial charge in [-0.05, 0) is 18.9 Å². The summed E-state index contributed by atoms with van der Waals surface area (Å²) in [5.74, 6) is -0.0947. The number of hydrogen-bond donors (Lipinski definition) is 2. The van der Waals surface area contributed by atoms with Crippen molar-refractivity contribution in [2.45, 2.75) is 24.9 Å². The van der Waals surface area contributed by atoms with E-state index in [1.54, 1.807) is 6.07 Å². The Bertz CT molecular complexity index is 851. The van der Waals surface area contributed by atoms with Gasteiger partial charge in [-0.1, -0.05) is 0 Å². The second kappa shape index (κ2) is 6.32. The third-order valence-corrected chi connectivity index (χ3v) is 7.71. The van der Waals surface area contributed by atoms with Crippen LogP contribution in [-0.4, -0.2) is 62.8 Å². The van der Waals surface area contributed by atoms with E-state index < -0.39 is 19.7 Å². The van der Waals surface area contributed by atoms with Gasteiger partial charge in [0.1, 0.15) is 0 Å². The number of carbonyl (C=O) groups is 1. The molecule has 3 rings (SSSR count). The molecule has 2 N–H and O–H groups in total. The molecule has 0 bridgehead atoms. The molecule has 1 aromatic heterocycles. The van der Waals surface area contributed by atoms with Crippen molar-refractivity contribution in [2.24, 2.45) is 0 Å². The maximum atomic E-state index is 12.2. The third kappa shape index (κ3) is 4.23. The molecule has 0 aliphatic carbocycles. The standard InChI is InChI=1S/C14H19N3O5S2/c18-14(17-12-2-4-24(21,22)9-12)10-5-13(7-15-6-10)16-11-1-3-23(19,20)8-11/h5-7,11-12,16H,1-4,8-9H2,(H,17,18). The van der Waals surface area contributed by atoms with Crippen LogP contribution in [0, 0.1) is 0 Å². The summed E-state index contributed by atoms with van der Waals surface area (Å²) in [7, 11) is -6.05. The van der Waals surface area contributed by atoms with Crippen molar-refractivity contribution in [3.63, 3.8) is 0 Å². The first-order valence-corrected chi connectivity index (χ1v) is 11.3. The van der Waals surface area contributed by atoms with Crippen LogP contribution in [0.5, 0.6) is 0 Å². The van der Waals surface area contributed by atoms with Crippen LogP contribution in [0.2, 0.25) is 0 Å². The highest BCUT2D eigenvalue weighted by Gasteiger charge is 2.30. The van der Waals surface area contributed by atoms with Crippen LogP contribution in [-0.2, 0) is 19.7 Å². The van der Waals surface area contributed by atoms with Crippen LogP contribution in [0.15, 0.2) is 18.5 Å². The Hall–Kier alpha value is -1.68. The van der Waals surface area contributed by atoms with E-state index in [1.807, 2.05) is 0 Å². The summed E-state index contributed by atoms with van der Waals surface area (Å²) in [6.45, 7) is 0. The van der Waals surface area contributed by atoms with Gasteiger partial charge in [-0.25, -0.2) is 16.8 Å². The molecule has 0 spiro atoms. The van der Waals surface area contributed by atoms with Crippen molar-refractivity contribution < 1.29 is 21.6 Å². The van der Waals surface area contributed by atoms with Crippen molar-refractivity contribution in [2.75, 3.05) is 28.3 Å². The summed E-state index contributed by atoms with van der Waals surface area (Å²) in [6.07, 6.45) is 3.87. The van der Waals surface area contributed by atoms with Gasteiger partial charge < -0.3 is 10.6 Å². The minimum atomic E-state index is -3.06.